The van der Waals surface area contributed by atoms with E-state index in [0.717, 1.165) is 22.2 Å². The van der Waals surface area contributed by atoms with Crippen molar-refractivity contribution in [3.05, 3.63) is 70.3 Å². The molecule has 0 fully saturated rings. The fourth-order valence-electron chi connectivity index (χ4n) is 2.71. The second kappa shape index (κ2) is 7.47. The van der Waals surface area contributed by atoms with Gasteiger partial charge in [-0.2, -0.15) is 0 Å². The standard InChI is InChI=1S/C19H22N2O3/c1-3-23-19(24-4-2)18-12-15-6-5-14(11-17(15)20-18)13-21-9-7-16(22)8-10-21/h5-12,19-20H,3-4,13H2,1-2H3. The van der Waals surface area contributed by atoms with Gasteiger partial charge in [0, 0.05) is 49.8 Å². The monoisotopic (exact) mass is 326 g/mol. The number of pyridine rings is 1. The van der Waals surface area contributed by atoms with Gasteiger partial charge in [-0.15, -0.1) is 0 Å². The maximum Gasteiger partial charge on any atom is 0.198 e. The minimum absolute atomic E-state index is 0.0219. The summed E-state index contributed by atoms with van der Waals surface area (Å²) in [4.78, 5) is 14.6. The number of ether oxygens (including phenoxy) is 2. The van der Waals surface area contributed by atoms with Crippen LogP contribution in [0.3, 0.4) is 0 Å². The van der Waals surface area contributed by atoms with Crippen LogP contribution in [0.15, 0.2) is 53.6 Å². The summed E-state index contributed by atoms with van der Waals surface area (Å²) in [6.45, 7) is 5.81. The number of H-pyrrole nitrogens is 1. The van der Waals surface area contributed by atoms with E-state index < -0.39 is 0 Å². The van der Waals surface area contributed by atoms with Gasteiger partial charge in [-0.1, -0.05) is 12.1 Å². The van der Waals surface area contributed by atoms with Crippen molar-refractivity contribution in [1.29, 1.82) is 0 Å². The molecule has 5 nitrogen and oxygen atoms in total. The molecule has 2 aromatic heterocycles. The summed E-state index contributed by atoms with van der Waals surface area (Å²) < 4.78 is 13.3. The Morgan fingerprint density at radius 1 is 1.04 bits per heavy atom. The Labute approximate surface area is 140 Å². The highest BCUT2D eigenvalue weighted by atomic mass is 16.7. The fourth-order valence-corrected chi connectivity index (χ4v) is 2.71. The molecule has 1 N–H and O–H groups in total. The second-order valence-electron chi connectivity index (χ2n) is 5.60. The Morgan fingerprint density at radius 2 is 1.75 bits per heavy atom. The zero-order chi connectivity index (χ0) is 16.9. The zero-order valence-electron chi connectivity index (χ0n) is 14.0. The Kier molecular flexibility index (Phi) is 5.13. The molecule has 0 radical (unpaired) electrons. The molecule has 5 heteroatoms. The summed E-state index contributed by atoms with van der Waals surface area (Å²) in [6, 6.07) is 11.5. The van der Waals surface area contributed by atoms with Crippen LogP contribution in [0.4, 0.5) is 0 Å². The lowest BCUT2D eigenvalue weighted by Crippen LogP contribution is -2.08. The summed E-state index contributed by atoms with van der Waals surface area (Å²) in [7, 11) is 0. The van der Waals surface area contributed by atoms with E-state index in [9.17, 15) is 4.79 Å². The van der Waals surface area contributed by atoms with Gasteiger partial charge in [0.05, 0.1) is 5.69 Å². The van der Waals surface area contributed by atoms with Crippen LogP contribution in [0, 0.1) is 0 Å². The van der Waals surface area contributed by atoms with Crippen molar-refractivity contribution >= 4 is 10.9 Å². The topological polar surface area (TPSA) is 56.2 Å². The molecule has 24 heavy (non-hydrogen) atoms. The molecule has 0 atom stereocenters. The molecule has 126 valence electrons. The van der Waals surface area contributed by atoms with Crippen LogP contribution in [-0.2, 0) is 16.0 Å². The number of fused-ring (bicyclic) bond motifs is 1. The molecule has 3 rings (SSSR count). The summed E-state index contributed by atoms with van der Waals surface area (Å²) in [5.74, 6) is 0. The molecule has 0 aliphatic carbocycles. The van der Waals surface area contributed by atoms with Gasteiger partial charge in [-0.25, -0.2) is 0 Å². The predicted molar refractivity (Wildman–Crippen MR) is 94.1 cm³/mol. The predicted octanol–water partition coefficient (Wildman–Crippen LogP) is 3.45. The molecule has 0 amide bonds. The molecule has 0 unspecified atom stereocenters. The Morgan fingerprint density at radius 3 is 2.42 bits per heavy atom. The van der Waals surface area contributed by atoms with E-state index in [0.29, 0.717) is 19.8 Å². The van der Waals surface area contributed by atoms with Gasteiger partial charge in [0.15, 0.2) is 11.7 Å². The number of benzene rings is 1. The number of aromatic amines is 1. The Bertz CT molecular complexity index is 840. The smallest absolute Gasteiger partial charge is 0.198 e. The highest BCUT2D eigenvalue weighted by Crippen LogP contribution is 2.24. The summed E-state index contributed by atoms with van der Waals surface area (Å²) >= 11 is 0. The van der Waals surface area contributed by atoms with E-state index in [1.54, 1.807) is 24.5 Å². The molecule has 0 saturated heterocycles. The molecule has 0 saturated carbocycles. The SMILES string of the molecule is CCOC(OCC)c1cc2ccc(Cn3ccc(=O)cc3)cc2[nH]1. The van der Waals surface area contributed by atoms with Crippen LogP contribution < -0.4 is 5.43 Å². The normalized spacial score (nSPS) is 11.5. The largest absolute Gasteiger partial charge is 0.354 e. The first kappa shape index (κ1) is 16.5. The minimum atomic E-state index is -0.366. The minimum Gasteiger partial charge on any atom is -0.354 e. The van der Waals surface area contributed by atoms with E-state index in [2.05, 4.69) is 29.2 Å². The lowest BCUT2D eigenvalue weighted by Gasteiger charge is -2.15. The second-order valence-corrected chi connectivity index (χ2v) is 5.60. The van der Waals surface area contributed by atoms with Gasteiger partial charge in [-0.05, 0) is 36.9 Å². The van der Waals surface area contributed by atoms with Gasteiger partial charge >= 0.3 is 0 Å². The highest BCUT2D eigenvalue weighted by Gasteiger charge is 2.14. The van der Waals surface area contributed by atoms with Gasteiger partial charge < -0.3 is 19.0 Å². The first-order chi connectivity index (χ1) is 11.7. The summed E-state index contributed by atoms with van der Waals surface area (Å²) in [5, 5.41) is 1.12. The van der Waals surface area contributed by atoms with Crippen molar-refractivity contribution in [3.63, 3.8) is 0 Å². The van der Waals surface area contributed by atoms with Crippen molar-refractivity contribution in [2.24, 2.45) is 0 Å². The lowest BCUT2D eigenvalue weighted by molar-refractivity contribution is -0.142. The Hall–Kier alpha value is -2.37. The molecule has 0 aliphatic heterocycles. The number of hydrogen-bond donors (Lipinski definition) is 1. The average Bonchev–Trinajstić information content (AvgIpc) is 3.00. The average molecular weight is 326 g/mol. The number of aromatic nitrogens is 2. The van der Waals surface area contributed by atoms with Crippen molar-refractivity contribution in [2.45, 2.75) is 26.7 Å². The summed E-state index contributed by atoms with van der Waals surface area (Å²) in [6.07, 6.45) is 3.23. The quantitative estimate of drug-likeness (QED) is 0.677. The molecule has 0 bridgehead atoms. The lowest BCUT2D eigenvalue weighted by atomic mass is 10.1. The van der Waals surface area contributed by atoms with Crippen LogP contribution in [-0.4, -0.2) is 22.8 Å². The first-order valence-corrected chi connectivity index (χ1v) is 8.20. The van der Waals surface area contributed by atoms with Gasteiger partial charge in [0.25, 0.3) is 0 Å². The number of nitrogens with one attached hydrogen (secondary N) is 1. The van der Waals surface area contributed by atoms with E-state index in [1.807, 2.05) is 18.4 Å². The van der Waals surface area contributed by atoms with Crippen LogP contribution in [0.2, 0.25) is 0 Å². The van der Waals surface area contributed by atoms with Crippen LogP contribution in [0.1, 0.15) is 31.4 Å². The molecular weight excluding hydrogens is 304 g/mol. The van der Waals surface area contributed by atoms with Gasteiger partial charge in [0.1, 0.15) is 0 Å². The zero-order valence-corrected chi connectivity index (χ0v) is 14.0. The third-order valence-corrected chi connectivity index (χ3v) is 3.82. The van der Waals surface area contributed by atoms with Crippen LogP contribution in [0.25, 0.3) is 10.9 Å². The van der Waals surface area contributed by atoms with Crippen molar-refractivity contribution in [2.75, 3.05) is 13.2 Å². The summed E-state index contributed by atoms with van der Waals surface area (Å²) in [5.41, 5.74) is 3.15. The fraction of sp³-hybridized carbons (Fsp3) is 0.316. The van der Waals surface area contributed by atoms with Crippen molar-refractivity contribution in [3.8, 4) is 0 Å². The third kappa shape index (κ3) is 3.75. The van der Waals surface area contributed by atoms with Crippen molar-refractivity contribution in [1.82, 2.24) is 9.55 Å². The molecule has 2 heterocycles. The maximum atomic E-state index is 11.2. The third-order valence-electron chi connectivity index (χ3n) is 3.82. The number of nitrogens with zero attached hydrogens (tertiary/aromatic N) is 1. The van der Waals surface area contributed by atoms with Crippen LogP contribution >= 0.6 is 0 Å². The Balaban J connectivity index is 1.85. The van der Waals surface area contributed by atoms with Crippen molar-refractivity contribution < 1.29 is 9.47 Å². The molecule has 1 aromatic carbocycles. The highest BCUT2D eigenvalue weighted by molar-refractivity contribution is 5.81. The maximum absolute atomic E-state index is 11.2. The van der Waals surface area contributed by atoms with E-state index in [-0.39, 0.29) is 11.7 Å². The first-order valence-electron chi connectivity index (χ1n) is 8.20. The van der Waals surface area contributed by atoms with Crippen LogP contribution in [0.5, 0.6) is 0 Å². The molecule has 0 aliphatic rings. The number of rotatable bonds is 7. The van der Waals surface area contributed by atoms with Gasteiger partial charge in [-0.3, -0.25) is 4.79 Å². The van der Waals surface area contributed by atoms with E-state index in [4.69, 9.17) is 9.47 Å². The van der Waals surface area contributed by atoms with E-state index >= 15 is 0 Å². The van der Waals surface area contributed by atoms with Gasteiger partial charge in [0.2, 0.25) is 0 Å². The molecule has 3 aromatic rings. The molecule has 0 spiro atoms. The van der Waals surface area contributed by atoms with E-state index in [1.165, 1.54) is 0 Å². The number of hydrogen-bond acceptors (Lipinski definition) is 3. The molecular formula is C19H22N2O3.